The van der Waals surface area contributed by atoms with Crippen LogP contribution in [0.25, 0.3) is 154 Å². The van der Waals surface area contributed by atoms with Gasteiger partial charge in [-0.1, -0.05) is 157 Å². The van der Waals surface area contributed by atoms with Crippen LogP contribution in [0.4, 0.5) is 0 Å². The molecule has 6 heterocycles. The van der Waals surface area contributed by atoms with Crippen molar-refractivity contribution >= 4 is 131 Å². The molecule has 0 saturated heterocycles. The molecule has 0 radical (unpaired) electrons. The predicted octanol–water partition coefficient (Wildman–Crippen LogP) is 17.6. The zero-order chi connectivity index (χ0) is 81.2. The number of rotatable bonds is 4. The van der Waals surface area contributed by atoms with Crippen molar-refractivity contribution in [1.29, 1.82) is 10.5 Å². The maximum Gasteiger partial charge on any atom is 0.160 e. The van der Waals surface area contributed by atoms with Crippen molar-refractivity contribution in [2.24, 2.45) is 0 Å². The van der Waals surface area contributed by atoms with Gasteiger partial charge >= 0.3 is 0 Å². The monoisotopic (exact) mass is 1000 g/mol. The minimum Gasteiger partial charge on any atom is -0.454 e. The number of nitriles is 2. The number of fused-ring (bicyclic) bond motifs is 20. The van der Waals surface area contributed by atoms with E-state index in [9.17, 15) is 48.9 Å². The number of furan rings is 2. The van der Waals surface area contributed by atoms with E-state index < -0.39 is 383 Å². The van der Waals surface area contributed by atoms with Crippen LogP contribution in [0.3, 0.4) is 0 Å². The Morgan fingerprint density at radius 3 is 0.855 bits per heavy atom. The van der Waals surface area contributed by atoms with E-state index in [1.54, 1.807) is 0 Å². The van der Waals surface area contributed by atoms with Crippen molar-refractivity contribution in [2.45, 2.75) is 0 Å². The number of benzene rings is 11. The summed E-state index contributed by atoms with van der Waals surface area (Å²) in [6.07, 6.45) is 0. The van der Waals surface area contributed by atoms with Crippen molar-refractivity contribution in [2.75, 3.05) is 0 Å². The molecule has 8 heteroatoms. The standard InChI is InChI=1S/C68H36N6O2/c69-37-51-61(71-53-25-9-1-17-39(53)40-18-2-10-26-54(40)71)63(73-57-29-13-5-21-43(57)47-33-35-49-45-23-7-15-31-59(45)75-67(49)65(47)73)52(38-70)62(72-55-27-11-3-19-41(55)42-20-4-12-28-56(42)72)64(51)74-58-30-14-6-22-44(58)48-34-36-50-46-24-8-16-32-60(46)76-68(50)66(48)74/h1-36H/i1D,2D,3D,4D,5D,6D,7D,8D,9D,10D,11D,12D,13D,14D,15D,16D,17D,18D,19D,20D,21D,22D,23D,24D,25D,26D,27D,28D,29D,30D,31D,32D,33D,34D,35D,36D. The number of aromatic nitrogens is 4. The van der Waals surface area contributed by atoms with Crippen LogP contribution in [0, 0.1) is 22.7 Å². The second-order valence-electron chi connectivity index (χ2n) is 17.0. The van der Waals surface area contributed by atoms with Gasteiger partial charge in [0, 0.05) is 64.6 Å². The molecule has 0 atom stereocenters. The molecule has 0 bridgehead atoms. The smallest absolute Gasteiger partial charge is 0.160 e. The molecule has 17 aromatic rings. The van der Waals surface area contributed by atoms with E-state index in [1.807, 2.05) is 12.1 Å². The normalized spacial score (nSPS) is 18.8. The van der Waals surface area contributed by atoms with Gasteiger partial charge in [0.2, 0.25) is 0 Å². The van der Waals surface area contributed by atoms with E-state index in [0.29, 0.717) is 18.3 Å². The second kappa shape index (κ2) is 14.9. The lowest BCUT2D eigenvalue weighted by Crippen LogP contribution is -2.16. The molecular weight excluding hydrogens is 933 g/mol. The first kappa shape index (κ1) is 19.6. The summed E-state index contributed by atoms with van der Waals surface area (Å²) in [5.74, 6) is 0. The second-order valence-corrected chi connectivity index (χ2v) is 17.0. The highest BCUT2D eigenvalue weighted by atomic mass is 16.3. The molecule has 350 valence electrons. The zero-order valence-electron chi connectivity index (χ0n) is 73.5. The lowest BCUT2D eigenvalue weighted by Gasteiger charge is -2.27. The molecule has 0 N–H and O–H groups in total. The highest BCUT2D eigenvalue weighted by Crippen LogP contribution is 2.51. The van der Waals surface area contributed by atoms with Gasteiger partial charge in [-0.25, -0.2) is 0 Å². The molecule has 0 fully saturated rings. The van der Waals surface area contributed by atoms with E-state index in [-0.39, 0.29) is 0 Å². The van der Waals surface area contributed by atoms with Crippen molar-refractivity contribution in [3.8, 4) is 34.9 Å². The third kappa shape index (κ3) is 5.09. The van der Waals surface area contributed by atoms with Crippen LogP contribution >= 0.6 is 0 Å². The Morgan fingerprint density at radius 1 is 0.276 bits per heavy atom. The molecule has 0 saturated carbocycles. The molecule has 8 nitrogen and oxygen atoms in total. The average Bonchev–Trinajstić information content (AvgIpc) is 1.49. The molecule has 0 spiro atoms. The van der Waals surface area contributed by atoms with Gasteiger partial charge in [0.25, 0.3) is 0 Å². The summed E-state index contributed by atoms with van der Waals surface area (Å²) in [7, 11) is 0. The lowest BCUT2D eigenvalue weighted by atomic mass is 9.98. The number of hydrogen-bond donors (Lipinski definition) is 0. The molecule has 11 aromatic carbocycles. The minimum atomic E-state index is -1.35. The Hall–Kier alpha value is -10.8. The summed E-state index contributed by atoms with van der Waals surface area (Å²) in [6.45, 7) is 0. The Balaban J connectivity index is 1.35. The van der Waals surface area contributed by atoms with E-state index in [0.717, 1.165) is 0 Å². The summed E-state index contributed by atoms with van der Waals surface area (Å²) in [5.41, 5.74) is -18.7. The summed E-state index contributed by atoms with van der Waals surface area (Å²) in [6, 6.07) is -34.9. The quantitative estimate of drug-likeness (QED) is 0.176. The van der Waals surface area contributed by atoms with Crippen molar-refractivity contribution < 1.29 is 58.2 Å². The summed E-state index contributed by atoms with van der Waals surface area (Å²) < 4.78 is 358. The predicted molar refractivity (Wildman–Crippen MR) is 308 cm³/mol. The SMILES string of the molecule is [2H]c1c([2H])c([2H])c2c(oc3c2c([2H])c([2H])c2c4c([2H])c([2H])c([2H])c([2H])c4n(-c4c(C#N)c(-n5c6c([2H])c([2H])c([2H])c([2H])c6c6c([2H])c([2H])c([2H])c([2H])c65)c(-n5c6c([2H])c([2H])c([2H])c([2H])c6c6c([2H])c([2H])c7c(oc8c([2H])c([2H])c([2H])c([2H])c87)c65)c(C#N)c4-n4c5c([2H])c([2H])c([2H])c([2H])c5c5c([2H])c([2H])c([2H])c([2H])c54)c32)c1[2H]. The van der Waals surface area contributed by atoms with Crippen LogP contribution in [0.1, 0.15) is 60.5 Å². The first-order valence-electron chi connectivity index (χ1n) is 40.4. The summed E-state index contributed by atoms with van der Waals surface area (Å²) >= 11 is 0. The molecule has 0 aliphatic heterocycles. The molecular formula is C68H36N6O2. The van der Waals surface area contributed by atoms with Crippen LogP contribution in [0.5, 0.6) is 0 Å². The maximum absolute atomic E-state index is 13.3. The fourth-order valence-corrected chi connectivity index (χ4v) is 10.6. The van der Waals surface area contributed by atoms with E-state index in [2.05, 4.69) is 0 Å². The fourth-order valence-electron chi connectivity index (χ4n) is 10.6. The lowest BCUT2D eigenvalue weighted by molar-refractivity contribution is 0.670. The largest absolute Gasteiger partial charge is 0.454 e. The van der Waals surface area contributed by atoms with Gasteiger partial charge in [0.05, 0.1) is 116 Å². The van der Waals surface area contributed by atoms with Crippen molar-refractivity contribution in [1.82, 2.24) is 18.3 Å². The highest BCUT2D eigenvalue weighted by Gasteiger charge is 2.35. The molecule has 76 heavy (non-hydrogen) atoms. The Morgan fingerprint density at radius 2 is 0.526 bits per heavy atom. The van der Waals surface area contributed by atoms with E-state index in [4.69, 9.17) is 19.8 Å². The van der Waals surface area contributed by atoms with Crippen molar-refractivity contribution in [3.63, 3.8) is 0 Å². The third-order valence-electron chi connectivity index (χ3n) is 13.5. The Kier molecular flexibility index (Phi) is 3.83. The first-order chi connectivity index (χ1) is 52.6. The van der Waals surface area contributed by atoms with E-state index >= 15 is 0 Å². The number of hydrogen-bond acceptors (Lipinski definition) is 4. The van der Waals surface area contributed by atoms with Crippen LogP contribution in [-0.2, 0) is 0 Å². The number of nitrogens with zero attached hydrogens (tertiary/aromatic N) is 6. The summed E-state index contributed by atoms with van der Waals surface area (Å²) in [4.78, 5) is 0. The molecule has 0 aliphatic rings. The molecule has 0 aliphatic carbocycles. The minimum absolute atomic E-state index is 0.580. The Labute approximate surface area is 481 Å². The molecule has 0 unspecified atom stereocenters. The van der Waals surface area contributed by atoms with E-state index in [1.165, 1.54) is 0 Å². The van der Waals surface area contributed by atoms with Crippen LogP contribution in [0.15, 0.2) is 226 Å². The molecule has 6 aromatic heterocycles. The fraction of sp³-hybridized carbons (Fsp3) is 0. The van der Waals surface area contributed by atoms with Crippen LogP contribution in [0.2, 0.25) is 0 Å². The van der Waals surface area contributed by atoms with Gasteiger partial charge in [0.15, 0.2) is 11.2 Å². The van der Waals surface area contributed by atoms with Crippen molar-refractivity contribution in [3.05, 3.63) is 229 Å². The van der Waals surface area contributed by atoms with Gasteiger partial charge in [-0.2, -0.15) is 10.5 Å². The van der Waals surface area contributed by atoms with Crippen LogP contribution in [-0.4, -0.2) is 18.3 Å². The molecule has 0 amide bonds. The van der Waals surface area contributed by atoms with Gasteiger partial charge < -0.3 is 27.1 Å². The topological polar surface area (TPSA) is 93.6 Å². The third-order valence-corrected chi connectivity index (χ3v) is 13.5. The summed E-state index contributed by atoms with van der Waals surface area (Å²) in [5, 5.41) is 17.5. The van der Waals surface area contributed by atoms with Gasteiger partial charge in [-0.05, 0) is 60.4 Å². The number of para-hydroxylation sites is 8. The van der Waals surface area contributed by atoms with Gasteiger partial charge in [-0.15, -0.1) is 0 Å². The Bertz CT molecular complexity index is 7130. The zero-order valence-corrected chi connectivity index (χ0v) is 37.5. The van der Waals surface area contributed by atoms with Gasteiger partial charge in [0.1, 0.15) is 34.4 Å². The molecule has 17 rings (SSSR count). The maximum atomic E-state index is 13.3. The van der Waals surface area contributed by atoms with Crippen LogP contribution < -0.4 is 0 Å². The highest BCUT2D eigenvalue weighted by molar-refractivity contribution is 6.24. The first-order valence-corrected chi connectivity index (χ1v) is 22.4. The average molecular weight is 1010 g/mol. The van der Waals surface area contributed by atoms with Gasteiger partial charge in [-0.3, -0.25) is 0 Å².